The highest BCUT2D eigenvalue weighted by molar-refractivity contribution is 5.97. The first-order valence-electron chi connectivity index (χ1n) is 30.3. The first kappa shape index (κ1) is 52.1. The quantitative estimate of drug-likeness (QED) is 0.166. The summed E-state index contributed by atoms with van der Waals surface area (Å²) >= 11 is 0. The lowest BCUT2D eigenvalue weighted by atomic mass is 9.97. The van der Waals surface area contributed by atoms with Gasteiger partial charge < -0.3 is 0 Å². The number of hydrogen-bond acceptors (Lipinski definition) is 4. The van der Waals surface area contributed by atoms with E-state index in [1.807, 2.05) is 18.1 Å². The molecule has 19 rings (SSSR count). The second kappa shape index (κ2) is 21.9. The van der Waals surface area contributed by atoms with Gasteiger partial charge in [-0.05, 0) is 123 Å². The highest BCUT2D eigenvalue weighted by atomic mass is 15.2. The Hall–Kier alpha value is -12.3. The Balaban J connectivity index is 0.000000104. The van der Waals surface area contributed by atoms with E-state index in [1.165, 1.54) is 65.3 Å². The van der Waals surface area contributed by atoms with Crippen LogP contribution < -0.4 is 0 Å². The molecule has 0 aliphatic carbocycles. The summed E-state index contributed by atoms with van der Waals surface area (Å²) in [4.78, 5) is 0. The fourth-order valence-corrected chi connectivity index (χ4v) is 12.7. The summed E-state index contributed by atoms with van der Waals surface area (Å²) in [5.41, 5.74) is 22.2. The van der Waals surface area contributed by atoms with Crippen LogP contribution in [0.15, 0.2) is 328 Å². The average Bonchev–Trinajstić information content (AvgIpc) is 1.87. The van der Waals surface area contributed by atoms with Gasteiger partial charge in [0.05, 0.1) is 66.9 Å². The summed E-state index contributed by atoms with van der Waals surface area (Å²) in [7, 11) is 0. The number of fused-ring (bicyclic) bond motifs is 14. The minimum atomic E-state index is 0.967. The van der Waals surface area contributed by atoms with Crippen LogP contribution in [0, 0.1) is 0 Å². The maximum absolute atomic E-state index is 4.88. The van der Waals surface area contributed by atoms with Crippen LogP contribution >= 0.6 is 0 Å². The molecule has 0 fully saturated rings. The van der Waals surface area contributed by atoms with Crippen molar-refractivity contribution in [1.82, 2.24) is 38.5 Å². The number of rotatable bonds is 6. The smallest absolute Gasteiger partial charge is 0.0933 e. The zero-order valence-corrected chi connectivity index (χ0v) is 48.8. The molecule has 0 atom stereocenters. The Kier molecular flexibility index (Phi) is 12.7. The molecule has 0 aliphatic rings. The average molecular weight is 1150 g/mol. The fourth-order valence-electron chi connectivity index (χ4n) is 12.7. The van der Waals surface area contributed by atoms with E-state index in [2.05, 4.69) is 328 Å². The Bertz CT molecular complexity index is 5770. The van der Waals surface area contributed by atoms with E-state index < -0.39 is 0 Å². The monoisotopic (exact) mass is 1150 g/mol. The fraction of sp³-hybridized carbons (Fsp3) is 0. The second-order valence-electron chi connectivity index (χ2n) is 22.9. The Labute approximate surface area is 517 Å². The molecule has 0 amide bonds. The van der Waals surface area contributed by atoms with Crippen molar-refractivity contribution in [2.45, 2.75) is 0 Å². The molecular formula is C82H54N8. The molecule has 0 unspecified atom stereocenters. The van der Waals surface area contributed by atoms with Gasteiger partial charge in [0.1, 0.15) is 0 Å². The van der Waals surface area contributed by atoms with Gasteiger partial charge in [-0.3, -0.25) is 0 Å². The van der Waals surface area contributed by atoms with Crippen LogP contribution in [0.1, 0.15) is 0 Å². The van der Waals surface area contributed by atoms with E-state index in [1.54, 1.807) is 0 Å². The number of para-hydroxylation sites is 4. The van der Waals surface area contributed by atoms with Gasteiger partial charge in [-0.15, -0.1) is 0 Å². The van der Waals surface area contributed by atoms with Gasteiger partial charge in [-0.1, -0.05) is 249 Å². The third-order valence-corrected chi connectivity index (χ3v) is 17.4. The number of aromatic nitrogens is 8. The van der Waals surface area contributed by atoms with Crippen LogP contribution in [-0.4, -0.2) is 38.5 Å². The van der Waals surface area contributed by atoms with Crippen molar-refractivity contribution in [2.24, 2.45) is 0 Å². The SMILES string of the molecule is c1ccc2c(-c3ccc(-c4cc5ccc6ccccc6n5n4)cc3)cccc2c1.c1ccc2c(c1)ccc1cc(-c3ccc(-c4cc5ccc6ccccc6n5n4)cc3)nn12.c1ccc2cc(-c3ccc(-c4cc5ccc6ccccc6n5n4)cc3)ccc2c1. The van der Waals surface area contributed by atoms with E-state index in [0.717, 1.165) is 89.2 Å². The molecule has 0 saturated carbocycles. The van der Waals surface area contributed by atoms with E-state index >= 15 is 0 Å². The predicted molar refractivity (Wildman–Crippen MR) is 372 cm³/mol. The molecule has 0 radical (unpaired) electrons. The normalized spacial score (nSPS) is 11.6. The summed E-state index contributed by atoms with van der Waals surface area (Å²) in [5.74, 6) is 0. The Morgan fingerprint density at radius 2 is 0.467 bits per heavy atom. The summed E-state index contributed by atoms with van der Waals surface area (Å²) in [5, 5.41) is 29.3. The van der Waals surface area contributed by atoms with Gasteiger partial charge in [0.15, 0.2) is 0 Å². The standard InChI is InChI=1S/C28H18N4.2C27H18N2/c1-3-7-27-21(5-1)13-15-23-17-25(29-31(23)27)19-9-11-20(12-10-19)26-18-24-16-14-22-6-2-4-8-28(22)32(24)30-26;1-3-9-24-19(6-1)8-5-10-25(24)20-12-14-21(15-13-20)26-18-23-17-16-22-7-2-4-11-27(22)29(23)28-26;1-2-7-23-17-24(14-11-19(23)5-1)20-9-12-21(13-10-20)26-18-25-16-15-22-6-3-4-8-27(22)29(25)28-26/h1-18H;2*1-18H. The molecule has 8 nitrogen and oxygen atoms in total. The van der Waals surface area contributed by atoms with Gasteiger partial charge in [0.2, 0.25) is 0 Å². The van der Waals surface area contributed by atoms with E-state index in [4.69, 9.17) is 20.4 Å². The van der Waals surface area contributed by atoms with Gasteiger partial charge >= 0.3 is 0 Å². The lowest BCUT2D eigenvalue weighted by Crippen LogP contribution is -1.90. The largest absolute Gasteiger partial charge is 0.232 e. The summed E-state index contributed by atoms with van der Waals surface area (Å²) in [6, 6.07) is 115. The third-order valence-electron chi connectivity index (χ3n) is 17.4. The van der Waals surface area contributed by atoms with Crippen LogP contribution in [0.5, 0.6) is 0 Å². The Morgan fingerprint density at radius 1 is 0.178 bits per heavy atom. The van der Waals surface area contributed by atoms with E-state index in [-0.39, 0.29) is 0 Å². The highest BCUT2D eigenvalue weighted by Crippen LogP contribution is 2.34. The summed E-state index contributed by atoms with van der Waals surface area (Å²) in [6.07, 6.45) is 0. The molecule has 0 aliphatic heterocycles. The number of pyridine rings is 4. The van der Waals surface area contributed by atoms with Crippen LogP contribution in [0.25, 0.3) is 155 Å². The van der Waals surface area contributed by atoms with Gasteiger partial charge in [0.25, 0.3) is 0 Å². The van der Waals surface area contributed by atoms with Crippen molar-refractivity contribution >= 4 is 87.2 Å². The number of hydrogen-bond donors (Lipinski definition) is 0. The lowest BCUT2D eigenvalue weighted by molar-refractivity contribution is 1.01. The topological polar surface area (TPSA) is 69.2 Å². The van der Waals surface area contributed by atoms with Crippen LogP contribution in [0.3, 0.4) is 0 Å². The Morgan fingerprint density at radius 3 is 0.867 bits per heavy atom. The molecule has 19 aromatic rings. The van der Waals surface area contributed by atoms with Crippen LogP contribution in [0.4, 0.5) is 0 Å². The van der Waals surface area contributed by atoms with E-state index in [0.29, 0.717) is 0 Å². The first-order chi connectivity index (χ1) is 44.5. The van der Waals surface area contributed by atoms with Gasteiger partial charge in [-0.25, -0.2) is 18.1 Å². The zero-order valence-electron chi connectivity index (χ0n) is 48.8. The van der Waals surface area contributed by atoms with Crippen molar-refractivity contribution in [3.63, 3.8) is 0 Å². The van der Waals surface area contributed by atoms with Crippen LogP contribution in [0.2, 0.25) is 0 Å². The second-order valence-corrected chi connectivity index (χ2v) is 22.9. The maximum atomic E-state index is 4.88. The molecule has 8 heterocycles. The van der Waals surface area contributed by atoms with Crippen molar-refractivity contribution < 1.29 is 0 Å². The zero-order chi connectivity index (χ0) is 59.5. The third kappa shape index (κ3) is 9.53. The first-order valence-corrected chi connectivity index (χ1v) is 30.3. The molecule has 8 aromatic heterocycles. The molecule has 11 aromatic carbocycles. The van der Waals surface area contributed by atoms with Gasteiger partial charge in [-0.2, -0.15) is 20.4 Å². The highest BCUT2D eigenvalue weighted by Gasteiger charge is 2.14. The van der Waals surface area contributed by atoms with Crippen molar-refractivity contribution in [2.75, 3.05) is 0 Å². The van der Waals surface area contributed by atoms with Crippen LogP contribution in [-0.2, 0) is 0 Å². The minimum absolute atomic E-state index is 0.967. The van der Waals surface area contributed by atoms with Gasteiger partial charge in [0, 0.05) is 43.8 Å². The molecule has 0 spiro atoms. The van der Waals surface area contributed by atoms with E-state index in [9.17, 15) is 0 Å². The molecular weight excluding hydrogens is 1100 g/mol. The van der Waals surface area contributed by atoms with Crippen molar-refractivity contribution in [1.29, 1.82) is 0 Å². The molecule has 0 N–H and O–H groups in total. The molecule has 8 heteroatoms. The summed E-state index contributed by atoms with van der Waals surface area (Å²) < 4.78 is 8.10. The van der Waals surface area contributed by atoms with Crippen molar-refractivity contribution in [3.8, 4) is 67.3 Å². The minimum Gasteiger partial charge on any atom is -0.232 e. The molecule has 0 bridgehead atoms. The maximum Gasteiger partial charge on any atom is 0.0933 e. The lowest BCUT2D eigenvalue weighted by Gasteiger charge is -2.07. The molecule has 422 valence electrons. The summed E-state index contributed by atoms with van der Waals surface area (Å²) in [6.45, 7) is 0. The number of benzene rings is 11. The molecule has 90 heavy (non-hydrogen) atoms. The predicted octanol–water partition coefficient (Wildman–Crippen LogP) is 20.6. The number of nitrogens with zero attached hydrogens (tertiary/aromatic N) is 8. The molecule has 0 saturated heterocycles. The van der Waals surface area contributed by atoms with Crippen molar-refractivity contribution in [3.05, 3.63) is 328 Å².